The van der Waals surface area contributed by atoms with Gasteiger partial charge in [0.05, 0.1) is 11.4 Å². The van der Waals surface area contributed by atoms with Crippen LogP contribution in [0, 0.1) is 0 Å². The summed E-state index contributed by atoms with van der Waals surface area (Å²) in [5.74, 6) is -1.11. The van der Waals surface area contributed by atoms with E-state index in [1.165, 1.54) is 24.3 Å². The number of hydrogen-bond donors (Lipinski definition) is 0. The highest BCUT2D eigenvalue weighted by Crippen LogP contribution is 2.48. The molecule has 6 nitrogen and oxygen atoms in total. The van der Waals surface area contributed by atoms with Crippen LogP contribution in [-0.2, 0) is 32.8 Å². The van der Waals surface area contributed by atoms with E-state index in [2.05, 4.69) is 9.98 Å². The van der Waals surface area contributed by atoms with E-state index in [0.717, 1.165) is 24.3 Å². The average molecular weight is 593 g/mol. The molecule has 0 amide bonds. The zero-order valence-corrected chi connectivity index (χ0v) is 23.4. The van der Waals surface area contributed by atoms with E-state index in [1.807, 2.05) is 0 Å². The Bertz CT molecular complexity index is 1470. The van der Waals surface area contributed by atoms with Crippen molar-refractivity contribution in [1.82, 2.24) is 0 Å². The lowest BCUT2D eigenvalue weighted by molar-refractivity contribution is -0.139. The summed E-state index contributed by atoms with van der Waals surface area (Å²) in [7, 11) is 0. The molecule has 0 spiro atoms. The first-order valence-corrected chi connectivity index (χ1v) is 12.4. The minimum Gasteiger partial charge on any atom is -0.456 e. The van der Waals surface area contributed by atoms with Gasteiger partial charge in [-0.2, -0.15) is 36.3 Å². The Morgan fingerprint density at radius 2 is 0.857 bits per heavy atom. The molecule has 0 unspecified atom stereocenters. The summed E-state index contributed by atoms with van der Waals surface area (Å²) in [5, 5.41) is 0. The third-order valence-electron chi connectivity index (χ3n) is 6.02. The number of nitrogens with zero attached hydrogens (tertiary/aromatic N) is 2. The number of isocyanates is 2. The van der Waals surface area contributed by atoms with Gasteiger partial charge in [-0.3, -0.25) is 0 Å². The van der Waals surface area contributed by atoms with Crippen molar-refractivity contribution in [3.8, 4) is 23.0 Å². The van der Waals surface area contributed by atoms with Crippen molar-refractivity contribution < 1.29 is 45.4 Å². The molecule has 0 N–H and O–H groups in total. The highest BCUT2D eigenvalue weighted by Gasteiger charge is 2.37. The molecule has 3 rings (SSSR count). The summed E-state index contributed by atoms with van der Waals surface area (Å²) in [5.41, 5.74) is -3.81. The van der Waals surface area contributed by atoms with E-state index in [4.69, 9.17) is 9.47 Å². The molecule has 0 saturated carbocycles. The van der Waals surface area contributed by atoms with Gasteiger partial charge in [0, 0.05) is 11.1 Å². The summed E-state index contributed by atoms with van der Waals surface area (Å²) < 4.78 is 95.3. The molecule has 0 fully saturated rings. The maximum atomic E-state index is 13.9. The third kappa shape index (κ3) is 7.46. The zero-order chi connectivity index (χ0) is 31.7. The Labute approximate surface area is 237 Å². The van der Waals surface area contributed by atoms with Crippen LogP contribution in [0.1, 0.15) is 63.8 Å². The van der Waals surface area contributed by atoms with Crippen LogP contribution >= 0.6 is 0 Å². The predicted octanol–water partition coefficient (Wildman–Crippen LogP) is 9.84. The first kappa shape index (κ1) is 32.1. The molecule has 0 aromatic heterocycles. The van der Waals surface area contributed by atoms with Gasteiger partial charge in [-0.15, -0.1) is 0 Å². The van der Waals surface area contributed by atoms with E-state index in [0.29, 0.717) is 23.3 Å². The van der Waals surface area contributed by atoms with E-state index in [9.17, 15) is 35.9 Å². The number of ether oxygens (including phenoxy) is 2. The van der Waals surface area contributed by atoms with Gasteiger partial charge in [-0.05, 0) is 59.4 Å². The molecule has 0 bridgehead atoms. The van der Waals surface area contributed by atoms with Gasteiger partial charge in [-0.1, -0.05) is 41.5 Å². The molecule has 0 saturated heterocycles. The fraction of sp³-hybridized carbons (Fsp3) is 0.333. The first-order valence-electron chi connectivity index (χ1n) is 12.4. The Morgan fingerprint density at radius 3 is 1.12 bits per heavy atom. The highest BCUT2D eigenvalue weighted by molar-refractivity contribution is 5.59. The van der Waals surface area contributed by atoms with Crippen molar-refractivity contribution in [3.05, 3.63) is 70.8 Å². The van der Waals surface area contributed by atoms with E-state index >= 15 is 0 Å². The average Bonchev–Trinajstić information content (AvgIpc) is 2.84. The quantitative estimate of drug-likeness (QED) is 0.162. The molecule has 3 aromatic carbocycles. The molecule has 3 aromatic rings. The number of alkyl halides is 6. The number of aliphatic imine (C=N–C) groups is 2. The Balaban J connectivity index is 2.27. The maximum Gasteiger partial charge on any atom is 0.420 e. The second kappa shape index (κ2) is 11.5. The number of halogens is 6. The van der Waals surface area contributed by atoms with Crippen LogP contribution in [0.5, 0.6) is 23.0 Å². The van der Waals surface area contributed by atoms with Crippen molar-refractivity contribution >= 4 is 23.5 Å². The molecule has 0 aliphatic heterocycles. The van der Waals surface area contributed by atoms with Gasteiger partial charge in [0.2, 0.25) is 12.2 Å². The highest BCUT2D eigenvalue weighted by atomic mass is 19.4. The van der Waals surface area contributed by atoms with E-state index < -0.39 is 45.8 Å². The molecule has 222 valence electrons. The lowest BCUT2D eigenvalue weighted by atomic mass is 9.80. The summed E-state index contributed by atoms with van der Waals surface area (Å²) in [6.45, 7) is 10.5. The standard InChI is InChI=1S/C30H26F6N2O4/c1-27(2,3)19-13-26(42-24-10-8-18(38-16-40)12-22(24)30(34,35)36)20(28(4,5)6)14-25(19)41-23-9-7-17(37-15-39)11-21(23)29(31,32)33/h7-14H,1-6H3. The lowest BCUT2D eigenvalue weighted by Crippen LogP contribution is -2.18. The molecule has 0 atom stereocenters. The first-order chi connectivity index (χ1) is 19.3. The summed E-state index contributed by atoms with van der Waals surface area (Å²) in [6.07, 6.45) is -7.34. The van der Waals surface area contributed by atoms with Gasteiger partial charge >= 0.3 is 12.4 Å². The second-order valence-electron chi connectivity index (χ2n) is 11.3. The van der Waals surface area contributed by atoms with E-state index in [-0.39, 0.29) is 22.9 Å². The molecule has 0 aliphatic rings. The Morgan fingerprint density at radius 1 is 0.524 bits per heavy atom. The summed E-state index contributed by atoms with van der Waals surface area (Å²) >= 11 is 0. The smallest absolute Gasteiger partial charge is 0.420 e. The van der Waals surface area contributed by atoms with Gasteiger partial charge in [-0.25, -0.2) is 9.59 Å². The number of carbonyl (C=O) groups excluding carboxylic acids is 2. The Kier molecular flexibility index (Phi) is 8.77. The maximum absolute atomic E-state index is 13.9. The Hall–Kier alpha value is -4.40. The predicted molar refractivity (Wildman–Crippen MR) is 142 cm³/mol. The van der Waals surface area contributed by atoms with Crippen molar-refractivity contribution in [2.24, 2.45) is 9.98 Å². The largest absolute Gasteiger partial charge is 0.456 e. The molecule has 0 radical (unpaired) electrons. The van der Waals surface area contributed by atoms with Crippen LogP contribution in [0.15, 0.2) is 58.5 Å². The molecular formula is C30H26F6N2O4. The molecule has 0 aliphatic carbocycles. The number of benzene rings is 3. The van der Waals surface area contributed by atoms with Crippen LogP contribution in [0.4, 0.5) is 37.7 Å². The molecule has 0 heterocycles. The van der Waals surface area contributed by atoms with Gasteiger partial charge in [0.15, 0.2) is 0 Å². The molecular weight excluding hydrogens is 566 g/mol. The zero-order valence-electron chi connectivity index (χ0n) is 23.4. The summed E-state index contributed by atoms with van der Waals surface area (Å²) in [4.78, 5) is 27.7. The van der Waals surface area contributed by atoms with Gasteiger partial charge in [0.1, 0.15) is 34.1 Å². The topological polar surface area (TPSA) is 77.3 Å². The van der Waals surface area contributed by atoms with Crippen LogP contribution in [0.25, 0.3) is 0 Å². The molecule has 42 heavy (non-hydrogen) atoms. The van der Waals surface area contributed by atoms with Crippen LogP contribution in [0.3, 0.4) is 0 Å². The van der Waals surface area contributed by atoms with Crippen LogP contribution < -0.4 is 9.47 Å². The van der Waals surface area contributed by atoms with Gasteiger partial charge in [0.25, 0.3) is 0 Å². The summed E-state index contributed by atoms with van der Waals surface area (Å²) in [6, 6.07) is 8.53. The van der Waals surface area contributed by atoms with Crippen molar-refractivity contribution in [1.29, 1.82) is 0 Å². The second-order valence-corrected chi connectivity index (χ2v) is 11.3. The lowest BCUT2D eigenvalue weighted by Gasteiger charge is -2.29. The SMILES string of the molecule is CC(C)(C)c1cc(Oc2ccc(N=C=O)cc2C(F)(F)F)c(C(C)(C)C)cc1Oc1ccc(N=C=O)cc1C(F)(F)F. The normalized spacial score (nSPS) is 12.3. The minimum atomic E-state index is -4.87. The van der Waals surface area contributed by atoms with E-state index in [1.54, 1.807) is 41.5 Å². The minimum absolute atomic E-state index is 0.0172. The number of rotatable bonds is 6. The van der Waals surface area contributed by atoms with Crippen molar-refractivity contribution in [3.63, 3.8) is 0 Å². The van der Waals surface area contributed by atoms with Crippen molar-refractivity contribution in [2.45, 2.75) is 64.7 Å². The molecule has 12 heteroatoms. The monoisotopic (exact) mass is 592 g/mol. The van der Waals surface area contributed by atoms with Crippen molar-refractivity contribution in [2.75, 3.05) is 0 Å². The fourth-order valence-corrected chi connectivity index (χ4v) is 4.04. The third-order valence-corrected chi connectivity index (χ3v) is 6.02. The van der Waals surface area contributed by atoms with Gasteiger partial charge < -0.3 is 9.47 Å². The van der Waals surface area contributed by atoms with Crippen LogP contribution in [0.2, 0.25) is 0 Å². The van der Waals surface area contributed by atoms with Crippen LogP contribution in [-0.4, -0.2) is 12.2 Å². The number of hydrogen-bond acceptors (Lipinski definition) is 6. The fourth-order valence-electron chi connectivity index (χ4n) is 4.04.